The predicted molar refractivity (Wildman–Crippen MR) is 108 cm³/mol. The van der Waals surface area contributed by atoms with Crippen LogP contribution < -0.4 is 15.4 Å². The van der Waals surface area contributed by atoms with Crippen LogP contribution in [0.5, 0.6) is 11.5 Å². The summed E-state index contributed by atoms with van der Waals surface area (Å²) in [5, 5.41) is 5.38. The summed E-state index contributed by atoms with van der Waals surface area (Å²) in [6, 6.07) is 21.1. The van der Waals surface area contributed by atoms with Crippen molar-refractivity contribution in [2.45, 2.75) is 0 Å². The molecule has 0 atom stereocenters. The van der Waals surface area contributed by atoms with Crippen molar-refractivity contribution in [3.05, 3.63) is 96.8 Å². The van der Waals surface area contributed by atoms with E-state index in [1.54, 1.807) is 48.5 Å². The van der Waals surface area contributed by atoms with Gasteiger partial charge in [0.1, 0.15) is 22.9 Å². The van der Waals surface area contributed by atoms with Gasteiger partial charge in [0.05, 0.1) is 0 Å². The Morgan fingerprint density at radius 1 is 0.857 bits per heavy atom. The number of hydrogen-bond donors (Lipinski definition) is 2. The highest BCUT2D eigenvalue weighted by Crippen LogP contribution is 2.22. The summed E-state index contributed by atoms with van der Waals surface area (Å²) in [5.74, 6) is 0.616. The standard InChI is InChI=1S/C22H19N3O3/c1-2-15-23-21(26)19-9-6-10-20(25-19)22(27)24-16-11-13-18(14-12-16)28-17-7-4-3-5-8-17/h2-14H,1,15H2,(H,23,26)(H,24,27). The van der Waals surface area contributed by atoms with Crippen molar-refractivity contribution in [1.82, 2.24) is 10.3 Å². The topological polar surface area (TPSA) is 80.3 Å². The highest BCUT2D eigenvalue weighted by atomic mass is 16.5. The molecule has 0 unspecified atom stereocenters. The molecule has 0 aliphatic heterocycles. The van der Waals surface area contributed by atoms with E-state index >= 15 is 0 Å². The first-order chi connectivity index (χ1) is 13.7. The molecule has 0 saturated heterocycles. The number of pyridine rings is 1. The number of hydrogen-bond acceptors (Lipinski definition) is 4. The zero-order chi connectivity index (χ0) is 19.8. The number of ether oxygens (including phenoxy) is 1. The number of aromatic nitrogens is 1. The first-order valence-electron chi connectivity index (χ1n) is 8.66. The summed E-state index contributed by atoms with van der Waals surface area (Å²) in [7, 11) is 0. The van der Waals surface area contributed by atoms with Crippen LogP contribution in [0.25, 0.3) is 0 Å². The monoisotopic (exact) mass is 373 g/mol. The van der Waals surface area contributed by atoms with E-state index in [2.05, 4.69) is 22.2 Å². The summed E-state index contributed by atoms with van der Waals surface area (Å²) in [6.07, 6.45) is 1.57. The molecular formula is C22H19N3O3. The van der Waals surface area contributed by atoms with Crippen molar-refractivity contribution >= 4 is 17.5 Å². The summed E-state index contributed by atoms with van der Waals surface area (Å²) >= 11 is 0. The van der Waals surface area contributed by atoms with Crippen LogP contribution in [0.2, 0.25) is 0 Å². The molecule has 6 heteroatoms. The molecule has 0 aliphatic rings. The molecular weight excluding hydrogens is 354 g/mol. The average Bonchev–Trinajstić information content (AvgIpc) is 2.74. The minimum absolute atomic E-state index is 0.149. The van der Waals surface area contributed by atoms with Gasteiger partial charge in [0, 0.05) is 12.2 Å². The van der Waals surface area contributed by atoms with Gasteiger partial charge in [-0.2, -0.15) is 0 Å². The molecule has 1 aromatic heterocycles. The lowest BCUT2D eigenvalue weighted by atomic mass is 10.2. The van der Waals surface area contributed by atoms with Gasteiger partial charge in [-0.25, -0.2) is 4.98 Å². The van der Waals surface area contributed by atoms with E-state index in [1.807, 2.05) is 30.3 Å². The number of nitrogens with one attached hydrogen (secondary N) is 2. The number of carbonyl (C=O) groups excluding carboxylic acids is 2. The summed E-state index contributed by atoms with van der Waals surface area (Å²) in [5.41, 5.74) is 0.908. The minimum atomic E-state index is -0.407. The van der Waals surface area contributed by atoms with E-state index in [0.717, 1.165) is 5.75 Å². The van der Waals surface area contributed by atoms with Gasteiger partial charge in [0.2, 0.25) is 0 Å². The van der Waals surface area contributed by atoms with Crippen LogP contribution >= 0.6 is 0 Å². The maximum Gasteiger partial charge on any atom is 0.274 e. The molecule has 2 N–H and O–H groups in total. The average molecular weight is 373 g/mol. The molecule has 28 heavy (non-hydrogen) atoms. The smallest absolute Gasteiger partial charge is 0.274 e. The Labute approximate surface area is 162 Å². The van der Waals surface area contributed by atoms with Crippen LogP contribution in [0.4, 0.5) is 5.69 Å². The number of rotatable bonds is 7. The molecule has 2 amide bonds. The lowest BCUT2D eigenvalue weighted by Gasteiger charge is -2.08. The first kappa shape index (κ1) is 18.8. The third kappa shape index (κ3) is 5.04. The molecule has 0 spiro atoms. The zero-order valence-corrected chi connectivity index (χ0v) is 15.1. The number of carbonyl (C=O) groups is 2. The van der Waals surface area contributed by atoms with Gasteiger partial charge in [-0.05, 0) is 48.5 Å². The molecule has 140 valence electrons. The van der Waals surface area contributed by atoms with Crippen LogP contribution in [0.1, 0.15) is 21.0 Å². The lowest BCUT2D eigenvalue weighted by Crippen LogP contribution is -2.25. The quantitative estimate of drug-likeness (QED) is 0.613. The normalized spacial score (nSPS) is 10.0. The Balaban J connectivity index is 1.64. The van der Waals surface area contributed by atoms with E-state index in [4.69, 9.17) is 4.74 Å². The van der Waals surface area contributed by atoms with E-state index in [0.29, 0.717) is 18.0 Å². The second kappa shape index (κ2) is 9.14. The highest BCUT2D eigenvalue weighted by Gasteiger charge is 2.12. The molecule has 0 aliphatic carbocycles. The van der Waals surface area contributed by atoms with Gasteiger partial charge in [-0.1, -0.05) is 30.3 Å². The highest BCUT2D eigenvalue weighted by molar-refractivity contribution is 6.03. The number of para-hydroxylation sites is 1. The fraction of sp³-hybridized carbons (Fsp3) is 0.0455. The van der Waals surface area contributed by atoms with Crippen molar-refractivity contribution in [3.63, 3.8) is 0 Å². The van der Waals surface area contributed by atoms with Crippen LogP contribution in [-0.4, -0.2) is 23.3 Å². The zero-order valence-electron chi connectivity index (χ0n) is 15.1. The number of anilines is 1. The van der Waals surface area contributed by atoms with Crippen molar-refractivity contribution < 1.29 is 14.3 Å². The molecule has 3 rings (SSSR count). The van der Waals surface area contributed by atoms with Crippen molar-refractivity contribution in [2.75, 3.05) is 11.9 Å². The van der Waals surface area contributed by atoms with E-state index in [-0.39, 0.29) is 17.3 Å². The van der Waals surface area contributed by atoms with Crippen molar-refractivity contribution in [3.8, 4) is 11.5 Å². The van der Waals surface area contributed by atoms with Crippen LogP contribution in [0.3, 0.4) is 0 Å². The molecule has 3 aromatic rings. The molecule has 1 heterocycles. The number of benzene rings is 2. The van der Waals surface area contributed by atoms with Gasteiger partial charge in [0.15, 0.2) is 0 Å². The number of amides is 2. The summed E-state index contributed by atoms with van der Waals surface area (Å²) in [4.78, 5) is 28.5. The third-order valence-corrected chi connectivity index (χ3v) is 3.71. The van der Waals surface area contributed by atoms with Gasteiger partial charge in [0.25, 0.3) is 11.8 Å². The molecule has 2 aromatic carbocycles. The van der Waals surface area contributed by atoms with E-state index < -0.39 is 5.91 Å². The summed E-state index contributed by atoms with van der Waals surface area (Å²) in [6.45, 7) is 3.87. The lowest BCUT2D eigenvalue weighted by molar-refractivity contribution is 0.0953. The van der Waals surface area contributed by atoms with Gasteiger partial charge in [-0.3, -0.25) is 9.59 Å². The molecule has 0 fully saturated rings. The van der Waals surface area contributed by atoms with Crippen molar-refractivity contribution in [1.29, 1.82) is 0 Å². The largest absolute Gasteiger partial charge is 0.457 e. The summed E-state index contributed by atoms with van der Waals surface area (Å²) < 4.78 is 5.72. The molecule has 0 bridgehead atoms. The Hall–Kier alpha value is -3.93. The molecule has 6 nitrogen and oxygen atoms in total. The van der Waals surface area contributed by atoms with Gasteiger partial charge in [-0.15, -0.1) is 6.58 Å². The maximum absolute atomic E-state index is 12.4. The fourth-order valence-corrected chi connectivity index (χ4v) is 2.37. The van der Waals surface area contributed by atoms with Crippen LogP contribution in [-0.2, 0) is 0 Å². The fourth-order valence-electron chi connectivity index (χ4n) is 2.37. The molecule has 0 saturated carbocycles. The first-order valence-corrected chi connectivity index (χ1v) is 8.66. The van der Waals surface area contributed by atoms with Gasteiger partial charge < -0.3 is 15.4 Å². The van der Waals surface area contributed by atoms with E-state index in [9.17, 15) is 9.59 Å². The second-order valence-electron chi connectivity index (χ2n) is 5.80. The molecule has 0 radical (unpaired) electrons. The van der Waals surface area contributed by atoms with E-state index in [1.165, 1.54) is 0 Å². The third-order valence-electron chi connectivity index (χ3n) is 3.71. The Kier molecular flexibility index (Phi) is 6.15. The van der Waals surface area contributed by atoms with Crippen molar-refractivity contribution in [2.24, 2.45) is 0 Å². The maximum atomic E-state index is 12.4. The number of nitrogens with zero attached hydrogens (tertiary/aromatic N) is 1. The SMILES string of the molecule is C=CCNC(=O)c1cccc(C(=O)Nc2ccc(Oc3ccccc3)cc2)n1. The minimum Gasteiger partial charge on any atom is -0.457 e. The second-order valence-corrected chi connectivity index (χ2v) is 5.80. The Morgan fingerprint density at radius 3 is 2.18 bits per heavy atom. The Morgan fingerprint density at radius 2 is 1.50 bits per heavy atom. The van der Waals surface area contributed by atoms with Gasteiger partial charge >= 0.3 is 0 Å². The van der Waals surface area contributed by atoms with Crippen LogP contribution in [0.15, 0.2) is 85.5 Å². The predicted octanol–water partition coefficient (Wildman–Crippen LogP) is 4.04. The Bertz CT molecular complexity index is 970. The van der Waals surface area contributed by atoms with Crippen LogP contribution in [0, 0.1) is 0 Å².